The van der Waals surface area contributed by atoms with Gasteiger partial charge in [-0.25, -0.2) is 0 Å². The fourth-order valence-electron chi connectivity index (χ4n) is 0. The molecule has 1 radical (unpaired) electrons. The predicted molar refractivity (Wildman–Crippen MR) is 64.4 cm³/mol. The molecule has 0 aliphatic carbocycles. The van der Waals surface area contributed by atoms with Gasteiger partial charge in [-0.05, 0) is 0 Å². The van der Waals surface area contributed by atoms with Gasteiger partial charge in [0.05, 0.1) is 0 Å². The predicted octanol–water partition coefficient (Wildman–Crippen LogP) is 1.63. The van der Waals surface area contributed by atoms with Crippen molar-refractivity contribution in [2.24, 2.45) is 0 Å². The summed E-state index contributed by atoms with van der Waals surface area (Å²) in [6.45, 7) is 0. The van der Waals surface area contributed by atoms with Gasteiger partial charge in [-0.15, -0.1) is 10.1 Å². The summed E-state index contributed by atoms with van der Waals surface area (Å²) in [5.74, 6) is 0. The fourth-order valence-corrected chi connectivity index (χ4v) is 0. The summed E-state index contributed by atoms with van der Waals surface area (Å²) >= 11 is 15.5. The SMILES string of the molecule is N=C([S-])C([NH-])S.N=C([S-])C([NH-])S.[Cu]. The molecule has 0 spiro atoms. The number of nitrogens with one attached hydrogen (secondary N) is 4. The molecule has 0 amide bonds. The smallest absolute Gasteiger partial charge is 0 e. The number of hydrogen-bond donors (Lipinski definition) is 4. The molecule has 0 aromatic rings. The first kappa shape index (κ1) is 19.5. The van der Waals surface area contributed by atoms with Crippen LogP contribution in [0.2, 0.25) is 0 Å². The van der Waals surface area contributed by atoms with Gasteiger partial charge in [0.1, 0.15) is 0 Å². The van der Waals surface area contributed by atoms with Crippen LogP contribution in [-0.2, 0) is 42.3 Å². The van der Waals surface area contributed by atoms with E-state index in [0.29, 0.717) is 0 Å². The third-order valence-electron chi connectivity index (χ3n) is 0.497. The molecule has 2 atom stereocenters. The molecule has 9 heteroatoms. The van der Waals surface area contributed by atoms with Gasteiger partial charge in [-0.2, -0.15) is 25.3 Å². The molecule has 0 saturated carbocycles. The normalized spacial score (nSPS) is 12.6. The van der Waals surface area contributed by atoms with Crippen LogP contribution in [0.5, 0.6) is 0 Å². The van der Waals surface area contributed by atoms with Crippen LogP contribution in [0, 0.1) is 10.8 Å². The van der Waals surface area contributed by atoms with Crippen molar-refractivity contribution in [1.82, 2.24) is 0 Å². The van der Waals surface area contributed by atoms with E-state index in [0.717, 1.165) is 0 Å². The van der Waals surface area contributed by atoms with E-state index < -0.39 is 10.7 Å². The van der Waals surface area contributed by atoms with Gasteiger partial charge in [-0.1, -0.05) is 10.7 Å². The number of rotatable bonds is 2. The Labute approximate surface area is 110 Å². The van der Waals surface area contributed by atoms with E-state index in [4.69, 9.17) is 22.3 Å². The van der Waals surface area contributed by atoms with Crippen LogP contribution < -0.4 is 0 Å². The summed E-state index contributed by atoms with van der Waals surface area (Å²) < 4.78 is 0. The summed E-state index contributed by atoms with van der Waals surface area (Å²) in [6.07, 6.45) is 0. The molecular weight excluding hydrogens is 296 g/mol. The molecule has 0 bridgehead atoms. The van der Waals surface area contributed by atoms with Crippen molar-refractivity contribution in [3.05, 3.63) is 11.5 Å². The first-order chi connectivity index (χ1) is 5.29. The van der Waals surface area contributed by atoms with Gasteiger partial charge >= 0.3 is 0 Å². The molecule has 0 aromatic heterocycles. The van der Waals surface area contributed by atoms with Crippen molar-refractivity contribution in [3.8, 4) is 0 Å². The Morgan fingerprint density at radius 3 is 1.08 bits per heavy atom. The largest absolute Gasteiger partial charge is 0.766 e. The van der Waals surface area contributed by atoms with Crippen molar-refractivity contribution in [2.75, 3.05) is 0 Å². The number of thiol groups is 2. The summed E-state index contributed by atoms with van der Waals surface area (Å²) in [5.41, 5.74) is 13.1. The zero-order valence-electron chi connectivity index (χ0n) is 6.17. The minimum absolute atomic E-state index is 0. The molecular formula is C4H8CuN4S4-4. The molecule has 4 nitrogen and oxygen atoms in total. The van der Waals surface area contributed by atoms with Gasteiger partial charge in [0.2, 0.25) is 0 Å². The standard InChI is InChI=1S/2C2H5N2S2.Cu/c2*3-1(5)2(4)6;/h2*1,3,5H,(H2,4,6);/q2*-1;/p-2. The van der Waals surface area contributed by atoms with Crippen LogP contribution in [0.4, 0.5) is 0 Å². The topological polar surface area (TPSA) is 95.3 Å². The summed E-state index contributed by atoms with van der Waals surface area (Å²) in [5, 5.41) is 11.1. The van der Waals surface area contributed by atoms with Crippen molar-refractivity contribution < 1.29 is 17.1 Å². The van der Waals surface area contributed by atoms with Gasteiger partial charge in [-0.3, -0.25) is 0 Å². The molecule has 83 valence electrons. The Balaban J connectivity index is -0.000000143. The number of hydrogen-bond acceptors (Lipinski definition) is 6. The molecule has 0 aliphatic rings. The maximum Gasteiger partial charge on any atom is 0 e. The molecule has 0 aromatic carbocycles. The van der Waals surface area contributed by atoms with Crippen LogP contribution in [0.3, 0.4) is 0 Å². The molecule has 0 rings (SSSR count). The molecule has 0 fully saturated rings. The van der Waals surface area contributed by atoms with Gasteiger partial charge < -0.3 is 47.5 Å². The summed E-state index contributed by atoms with van der Waals surface area (Å²) in [4.78, 5) is 0. The monoisotopic (exact) mass is 303 g/mol. The molecule has 13 heavy (non-hydrogen) atoms. The average molecular weight is 304 g/mol. The van der Waals surface area contributed by atoms with E-state index in [1.54, 1.807) is 0 Å². The van der Waals surface area contributed by atoms with Crippen LogP contribution >= 0.6 is 25.3 Å². The van der Waals surface area contributed by atoms with Crippen molar-refractivity contribution in [3.63, 3.8) is 0 Å². The molecule has 2 unspecified atom stereocenters. The first-order valence-corrected chi connectivity index (χ1v) is 4.43. The zero-order valence-corrected chi connectivity index (χ0v) is 10.5. The third kappa shape index (κ3) is 19.4. The Bertz CT molecular complexity index is 144. The Morgan fingerprint density at radius 2 is 1.08 bits per heavy atom. The van der Waals surface area contributed by atoms with Crippen LogP contribution in [0.1, 0.15) is 0 Å². The summed E-state index contributed by atoms with van der Waals surface area (Å²) in [7, 11) is 0. The third-order valence-corrected chi connectivity index (χ3v) is 1.83. The van der Waals surface area contributed by atoms with Crippen molar-refractivity contribution in [2.45, 2.75) is 10.7 Å². The molecule has 0 aliphatic heterocycles. The van der Waals surface area contributed by atoms with Crippen LogP contribution in [-0.4, -0.2) is 20.8 Å². The van der Waals surface area contributed by atoms with Gasteiger partial charge in [0.25, 0.3) is 0 Å². The second-order valence-corrected chi connectivity index (χ2v) is 3.45. The first-order valence-electron chi connectivity index (χ1n) is 2.58. The van der Waals surface area contributed by atoms with Crippen molar-refractivity contribution in [1.29, 1.82) is 10.8 Å². The second-order valence-electron chi connectivity index (χ2n) is 1.53. The van der Waals surface area contributed by atoms with E-state index in [2.05, 4.69) is 50.5 Å². The maximum absolute atomic E-state index is 6.57. The average Bonchev–Trinajstić information content (AvgIpc) is 1.88. The van der Waals surface area contributed by atoms with E-state index in [-0.39, 0.29) is 27.2 Å². The fraction of sp³-hybridized carbons (Fsp3) is 0.500. The van der Waals surface area contributed by atoms with Gasteiger partial charge in [0, 0.05) is 17.1 Å². The quantitative estimate of drug-likeness (QED) is 0.205. The Morgan fingerprint density at radius 1 is 1.00 bits per heavy atom. The Hall–Kier alpha value is 0.919. The van der Waals surface area contributed by atoms with E-state index in [1.807, 2.05) is 0 Å². The van der Waals surface area contributed by atoms with Crippen LogP contribution in [0.25, 0.3) is 11.5 Å². The minimum Gasteiger partial charge on any atom is -0.766 e. The molecule has 4 N–H and O–H groups in total. The maximum atomic E-state index is 6.57. The zero-order chi connectivity index (χ0) is 10.3. The molecule has 0 heterocycles. The van der Waals surface area contributed by atoms with E-state index in [1.165, 1.54) is 0 Å². The van der Waals surface area contributed by atoms with Crippen LogP contribution in [0.15, 0.2) is 0 Å². The van der Waals surface area contributed by atoms with E-state index >= 15 is 0 Å². The van der Waals surface area contributed by atoms with Gasteiger partial charge in [0.15, 0.2) is 0 Å². The molecule has 0 saturated heterocycles. The Kier molecular flexibility index (Phi) is 16.5. The summed E-state index contributed by atoms with van der Waals surface area (Å²) in [6, 6.07) is 0. The van der Waals surface area contributed by atoms with Crippen molar-refractivity contribution >= 4 is 60.6 Å². The second kappa shape index (κ2) is 11.0. The van der Waals surface area contributed by atoms with E-state index in [9.17, 15) is 0 Å². The minimum atomic E-state index is -0.806.